The van der Waals surface area contributed by atoms with Gasteiger partial charge in [0.1, 0.15) is 11.6 Å². The van der Waals surface area contributed by atoms with Crippen LogP contribution < -0.4 is 5.32 Å². The zero-order valence-electron chi connectivity index (χ0n) is 18.6. The number of aryl methyl sites for hydroxylation is 2. The minimum Gasteiger partial charge on any atom is -0.326 e. The van der Waals surface area contributed by atoms with Gasteiger partial charge in [0.2, 0.25) is 5.91 Å². The first-order valence-corrected chi connectivity index (χ1v) is 11.4. The van der Waals surface area contributed by atoms with E-state index in [0.717, 1.165) is 22.4 Å². The normalized spacial score (nSPS) is 11.7. The van der Waals surface area contributed by atoms with Crippen LogP contribution >= 0.6 is 11.8 Å². The van der Waals surface area contributed by atoms with E-state index in [1.165, 1.54) is 18.7 Å². The number of carbonyl (C=O) groups excluding carboxylic acids is 2. The van der Waals surface area contributed by atoms with Crippen LogP contribution in [0.4, 0.5) is 5.69 Å². The largest absolute Gasteiger partial charge is 0.326 e. The highest BCUT2D eigenvalue weighted by molar-refractivity contribution is 8.00. The summed E-state index contributed by atoms with van der Waals surface area (Å²) < 4.78 is 1.82. The van der Waals surface area contributed by atoms with Crippen LogP contribution in [-0.2, 0) is 4.79 Å². The van der Waals surface area contributed by atoms with E-state index in [0.29, 0.717) is 16.4 Å². The summed E-state index contributed by atoms with van der Waals surface area (Å²) in [6.07, 6.45) is 1.61. The lowest BCUT2D eigenvalue weighted by Gasteiger charge is -2.17. The predicted molar refractivity (Wildman–Crippen MR) is 131 cm³/mol. The third-order valence-corrected chi connectivity index (χ3v) is 6.35. The van der Waals surface area contributed by atoms with E-state index in [1.807, 2.05) is 91.2 Å². The third-order valence-electron chi connectivity index (χ3n) is 5.14. The molecular formula is C26H24N4O2S. The Labute approximate surface area is 197 Å². The van der Waals surface area contributed by atoms with Gasteiger partial charge in [0.05, 0.1) is 5.69 Å². The number of nitrogens with zero attached hydrogens (tertiary/aromatic N) is 3. The highest BCUT2D eigenvalue weighted by Crippen LogP contribution is 2.38. The molecule has 3 aromatic carbocycles. The summed E-state index contributed by atoms with van der Waals surface area (Å²) in [5.74, 6) is -0.140. The average Bonchev–Trinajstić information content (AvgIpc) is 3.26. The van der Waals surface area contributed by atoms with E-state index < -0.39 is 5.25 Å². The van der Waals surface area contributed by atoms with E-state index in [1.54, 1.807) is 6.33 Å². The Morgan fingerprint density at radius 2 is 1.61 bits per heavy atom. The number of carbonyl (C=O) groups is 2. The molecule has 1 aromatic heterocycles. The van der Waals surface area contributed by atoms with Gasteiger partial charge >= 0.3 is 0 Å². The van der Waals surface area contributed by atoms with Crippen molar-refractivity contribution in [1.82, 2.24) is 14.8 Å². The monoisotopic (exact) mass is 456 g/mol. The van der Waals surface area contributed by atoms with Gasteiger partial charge in [-0.05, 0) is 37.6 Å². The summed E-state index contributed by atoms with van der Waals surface area (Å²) in [6, 6.07) is 23.0. The zero-order chi connectivity index (χ0) is 23.4. The molecule has 0 fully saturated rings. The van der Waals surface area contributed by atoms with E-state index in [4.69, 9.17) is 0 Å². The van der Waals surface area contributed by atoms with Crippen LogP contribution in [0.3, 0.4) is 0 Å². The van der Waals surface area contributed by atoms with Crippen LogP contribution in [0, 0.1) is 13.8 Å². The fourth-order valence-corrected chi connectivity index (χ4v) is 4.51. The second-order valence-electron chi connectivity index (χ2n) is 7.85. The van der Waals surface area contributed by atoms with Crippen LogP contribution in [0.25, 0.3) is 5.69 Å². The summed E-state index contributed by atoms with van der Waals surface area (Å²) >= 11 is 1.36. The number of Topliss-reactive ketones (excluding diaryl/α,β-unsaturated/α-hetero) is 1. The topological polar surface area (TPSA) is 76.9 Å². The lowest BCUT2D eigenvalue weighted by atomic mass is 10.0. The summed E-state index contributed by atoms with van der Waals surface area (Å²) in [6.45, 7) is 5.49. The number of anilines is 1. The van der Waals surface area contributed by atoms with Crippen LogP contribution in [0.15, 0.2) is 84.3 Å². The first-order chi connectivity index (χ1) is 15.9. The Kier molecular flexibility index (Phi) is 6.70. The van der Waals surface area contributed by atoms with E-state index in [2.05, 4.69) is 15.5 Å². The van der Waals surface area contributed by atoms with Gasteiger partial charge in [0, 0.05) is 18.2 Å². The number of aromatic nitrogens is 3. The lowest BCUT2D eigenvalue weighted by molar-refractivity contribution is -0.114. The molecule has 0 aliphatic carbocycles. The van der Waals surface area contributed by atoms with Gasteiger partial charge in [-0.3, -0.25) is 14.2 Å². The molecule has 0 saturated carbocycles. The van der Waals surface area contributed by atoms with Crippen LogP contribution in [0.1, 0.15) is 39.2 Å². The molecule has 6 nitrogen and oxygen atoms in total. The summed E-state index contributed by atoms with van der Waals surface area (Å²) in [4.78, 5) is 25.0. The molecule has 0 unspecified atom stereocenters. The molecule has 1 N–H and O–H groups in total. The molecule has 7 heteroatoms. The first-order valence-electron chi connectivity index (χ1n) is 10.5. The standard InChI is InChI=1S/C26H24N4O2S/c1-17-7-11-20(12-8-17)24(32)25(21-13-9-18(2)10-14-21)33-26-29-27-16-30(26)23-6-4-5-22(15-23)28-19(3)31/h4-16,25H,1-3H3,(H,28,31)/t25-/m1/s1. The number of benzene rings is 3. The summed E-state index contributed by atoms with van der Waals surface area (Å²) in [5.41, 5.74) is 5.25. The van der Waals surface area contributed by atoms with Gasteiger partial charge in [-0.2, -0.15) is 0 Å². The second-order valence-corrected chi connectivity index (χ2v) is 8.93. The fourth-order valence-electron chi connectivity index (χ4n) is 3.41. The molecular weight excluding hydrogens is 432 g/mol. The maximum absolute atomic E-state index is 13.6. The van der Waals surface area contributed by atoms with Crippen molar-refractivity contribution in [3.05, 3.63) is 101 Å². The van der Waals surface area contributed by atoms with Crippen molar-refractivity contribution in [3.8, 4) is 5.69 Å². The van der Waals surface area contributed by atoms with Crippen LogP contribution in [0.5, 0.6) is 0 Å². The predicted octanol–water partition coefficient (Wildman–Crippen LogP) is 5.56. The van der Waals surface area contributed by atoms with Gasteiger partial charge < -0.3 is 5.32 Å². The molecule has 166 valence electrons. The molecule has 33 heavy (non-hydrogen) atoms. The smallest absolute Gasteiger partial charge is 0.221 e. The minimum absolute atomic E-state index is 0.00500. The van der Waals surface area contributed by atoms with Crippen molar-refractivity contribution in [2.45, 2.75) is 31.2 Å². The molecule has 0 aliphatic rings. The van der Waals surface area contributed by atoms with Crippen molar-refractivity contribution in [3.63, 3.8) is 0 Å². The second kappa shape index (κ2) is 9.83. The molecule has 0 spiro atoms. The Morgan fingerprint density at radius 3 is 2.27 bits per heavy atom. The molecule has 0 bridgehead atoms. The molecule has 1 heterocycles. The number of amides is 1. The number of hydrogen-bond donors (Lipinski definition) is 1. The quantitative estimate of drug-likeness (QED) is 0.291. The molecule has 0 aliphatic heterocycles. The van der Waals surface area contributed by atoms with Gasteiger partial charge in [-0.15, -0.1) is 10.2 Å². The number of ketones is 1. The molecule has 1 atom stereocenters. The molecule has 4 rings (SSSR count). The van der Waals surface area contributed by atoms with E-state index in [-0.39, 0.29) is 11.7 Å². The maximum atomic E-state index is 13.6. The Hall–Kier alpha value is -3.71. The SMILES string of the molecule is CC(=O)Nc1cccc(-n2cnnc2S[C@@H](C(=O)c2ccc(C)cc2)c2ccc(C)cc2)c1. The van der Waals surface area contributed by atoms with Gasteiger partial charge in [-0.1, -0.05) is 77.5 Å². The van der Waals surface area contributed by atoms with Crippen LogP contribution in [0.2, 0.25) is 0 Å². The van der Waals surface area contributed by atoms with Crippen molar-refractivity contribution in [1.29, 1.82) is 0 Å². The Morgan fingerprint density at radius 1 is 0.939 bits per heavy atom. The molecule has 0 saturated heterocycles. The summed E-state index contributed by atoms with van der Waals surface area (Å²) in [7, 11) is 0. The highest BCUT2D eigenvalue weighted by Gasteiger charge is 2.26. The van der Waals surface area contributed by atoms with Gasteiger partial charge in [0.25, 0.3) is 0 Å². The van der Waals surface area contributed by atoms with Crippen molar-refractivity contribution < 1.29 is 9.59 Å². The number of thioether (sulfide) groups is 1. The van der Waals surface area contributed by atoms with Gasteiger partial charge in [0.15, 0.2) is 10.9 Å². The van der Waals surface area contributed by atoms with Crippen molar-refractivity contribution in [2.75, 3.05) is 5.32 Å². The van der Waals surface area contributed by atoms with Crippen molar-refractivity contribution >= 4 is 29.1 Å². The zero-order valence-corrected chi connectivity index (χ0v) is 19.5. The highest BCUT2D eigenvalue weighted by atomic mass is 32.2. The van der Waals surface area contributed by atoms with Crippen molar-refractivity contribution in [2.24, 2.45) is 0 Å². The Balaban J connectivity index is 1.70. The first kappa shape index (κ1) is 22.5. The Bertz CT molecular complexity index is 1280. The lowest BCUT2D eigenvalue weighted by Crippen LogP contribution is -2.11. The molecule has 0 radical (unpaired) electrons. The summed E-state index contributed by atoms with van der Waals surface area (Å²) in [5, 5.41) is 11.3. The number of hydrogen-bond acceptors (Lipinski definition) is 5. The minimum atomic E-state index is -0.491. The number of nitrogens with one attached hydrogen (secondary N) is 1. The fraction of sp³-hybridized carbons (Fsp3) is 0.154. The average molecular weight is 457 g/mol. The molecule has 1 amide bonds. The number of rotatable bonds is 7. The van der Waals surface area contributed by atoms with Crippen LogP contribution in [-0.4, -0.2) is 26.5 Å². The third kappa shape index (κ3) is 5.38. The van der Waals surface area contributed by atoms with Gasteiger partial charge in [-0.25, -0.2) is 0 Å². The van der Waals surface area contributed by atoms with E-state index >= 15 is 0 Å². The maximum Gasteiger partial charge on any atom is 0.221 e. The van der Waals surface area contributed by atoms with E-state index in [9.17, 15) is 9.59 Å². The molecule has 4 aromatic rings.